The highest BCUT2D eigenvalue weighted by Gasteiger charge is 2.55. The van der Waals surface area contributed by atoms with Crippen molar-refractivity contribution in [2.45, 2.75) is 145 Å². The zero-order chi connectivity index (χ0) is 25.5. The van der Waals surface area contributed by atoms with Gasteiger partial charge in [-0.15, -0.1) is 0 Å². The van der Waals surface area contributed by atoms with Gasteiger partial charge in [-0.05, 0) is 115 Å². The molecule has 0 aliphatic carbocycles. The third-order valence-corrected chi connectivity index (χ3v) is 10.9. The van der Waals surface area contributed by atoms with E-state index in [0.29, 0.717) is 23.8 Å². The lowest BCUT2D eigenvalue weighted by atomic mass is 9.69. The Morgan fingerprint density at radius 1 is 0.452 bits per heavy atom. The van der Waals surface area contributed by atoms with Gasteiger partial charge in [0.2, 0.25) is 0 Å². The number of rotatable bonds is 11. The van der Waals surface area contributed by atoms with Crippen molar-refractivity contribution in [1.82, 2.24) is 14.7 Å². The Kier molecular flexibility index (Phi) is 9.59. The van der Waals surface area contributed by atoms with Crippen molar-refractivity contribution >= 4 is 0 Å². The molecule has 3 nitrogen and oxygen atoms in total. The molecule has 31 heavy (non-hydrogen) atoms. The second kappa shape index (κ2) is 9.63. The second-order valence-electron chi connectivity index (χ2n) is 13.6. The first-order valence-corrected chi connectivity index (χ1v) is 12.6. The average molecular weight is 440 g/mol. The Bertz CT molecular complexity index is 569. The Labute approximate surface area is 198 Å². The van der Waals surface area contributed by atoms with Crippen LogP contribution in [0.15, 0.2) is 0 Å². The lowest BCUT2D eigenvalue weighted by Crippen LogP contribution is -2.75. The summed E-state index contributed by atoms with van der Waals surface area (Å²) in [5.41, 5.74) is -0.0425. The Balaban J connectivity index is 6.24. The van der Waals surface area contributed by atoms with Crippen LogP contribution < -0.4 is 0 Å². The van der Waals surface area contributed by atoms with E-state index in [-0.39, 0.29) is 27.7 Å². The van der Waals surface area contributed by atoms with Gasteiger partial charge in [0.05, 0.1) is 0 Å². The largest absolute Gasteiger partial charge is 0.296 e. The van der Waals surface area contributed by atoms with Crippen molar-refractivity contribution in [2.75, 3.05) is 21.1 Å². The third-order valence-electron chi connectivity index (χ3n) is 10.9. The lowest BCUT2D eigenvalue weighted by molar-refractivity contribution is -0.135. The van der Waals surface area contributed by atoms with Gasteiger partial charge in [-0.1, -0.05) is 34.6 Å². The molecular weight excluding hydrogens is 378 g/mol. The summed E-state index contributed by atoms with van der Waals surface area (Å²) < 4.78 is 0. The fourth-order valence-corrected chi connectivity index (χ4v) is 5.16. The smallest absolute Gasteiger partial charge is 0.0334 e. The third kappa shape index (κ3) is 5.35. The molecule has 0 radical (unpaired) electrons. The van der Waals surface area contributed by atoms with Crippen LogP contribution in [0.4, 0.5) is 0 Å². The van der Waals surface area contributed by atoms with Crippen molar-refractivity contribution < 1.29 is 0 Å². The molecule has 0 aromatic carbocycles. The van der Waals surface area contributed by atoms with E-state index in [1.165, 1.54) is 0 Å². The first-order chi connectivity index (χ1) is 13.4. The van der Waals surface area contributed by atoms with Crippen LogP contribution in [0, 0.1) is 17.8 Å². The minimum atomic E-state index is -0.0571. The highest BCUT2D eigenvalue weighted by Crippen LogP contribution is 2.45. The molecule has 0 aliphatic heterocycles. The standard InChI is InChI=1S/C28H61N3/c1-20(2)22(5)24(7,8)30(18)27(13,14)28(15,16)31(19)26(11,12)25(9,10)29(17)23(6)21(3)4/h20-23H,1-19H3/t22-,23+/m0/s1. The van der Waals surface area contributed by atoms with E-state index in [4.69, 9.17) is 0 Å². The van der Waals surface area contributed by atoms with Crippen LogP contribution in [0.5, 0.6) is 0 Å². The first-order valence-electron chi connectivity index (χ1n) is 12.6. The molecule has 2 atom stereocenters. The predicted octanol–water partition coefficient (Wildman–Crippen LogP) is 7.01. The molecule has 3 heteroatoms. The average Bonchev–Trinajstić information content (AvgIpc) is 2.63. The number of hydrogen-bond acceptors (Lipinski definition) is 3. The molecule has 0 saturated carbocycles. The quantitative estimate of drug-likeness (QED) is 0.343. The minimum Gasteiger partial charge on any atom is -0.296 e. The molecule has 0 aliphatic rings. The summed E-state index contributed by atoms with van der Waals surface area (Å²) in [5, 5.41) is 0. The van der Waals surface area contributed by atoms with Gasteiger partial charge < -0.3 is 0 Å². The molecular formula is C28H61N3. The van der Waals surface area contributed by atoms with Gasteiger partial charge in [-0.3, -0.25) is 14.7 Å². The Morgan fingerprint density at radius 3 is 1.10 bits per heavy atom. The summed E-state index contributed by atoms with van der Waals surface area (Å²) >= 11 is 0. The molecule has 0 unspecified atom stereocenters. The molecule has 0 bridgehead atoms. The first kappa shape index (κ1) is 30.9. The molecule has 0 rings (SSSR count). The van der Waals surface area contributed by atoms with Crippen LogP contribution in [-0.4, -0.2) is 69.6 Å². The summed E-state index contributed by atoms with van der Waals surface area (Å²) in [6.45, 7) is 38.4. The predicted molar refractivity (Wildman–Crippen MR) is 142 cm³/mol. The summed E-state index contributed by atoms with van der Waals surface area (Å²) in [6.07, 6.45) is 0. The number of likely N-dealkylation sites (N-methyl/N-ethyl adjacent to an activating group) is 3. The summed E-state index contributed by atoms with van der Waals surface area (Å²) in [4.78, 5) is 7.88. The van der Waals surface area contributed by atoms with Crippen molar-refractivity contribution in [1.29, 1.82) is 0 Å². The van der Waals surface area contributed by atoms with Gasteiger partial charge >= 0.3 is 0 Å². The van der Waals surface area contributed by atoms with Crippen LogP contribution in [0.2, 0.25) is 0 Å². The lowest BCUT2D eigenvalue weighted by Gasteiger charge is -2.64. The highest BCUT2D eigenvalue weighted by molar-refractivity contribution is 5.12. The molecule has 188 valence electrons. The van der Waals surface area contributed by atoms with E-state index in [1.54, 1.807) is 0 Å². The molecule has 0 saturated heterocycles. The van der Waals surface area contributed by atoms with Crippen LogP contribution in [0.25, 0.3) is 0 Å². The van der Waals surface area contributed by atoms with E-state index < -0.39 is 0 Å². The van der Waals surface area contributed by atoms with Crippen LogP contribution >= 0.6 is 0 Å². The van der Waals surface area contributed by atoms with E-state index in [0.717, 1.165) is 0 Å². The molecule has 0 N–H and O–H groups in total. The van der Waals surface area contributed by atoms with Crippen LogP contribution in [-0.2, 0) is 0 Å². The monoisotopic (exact) mass is 439 g/mol. The van der Waals surface area contributed by atoms with E-state index in [2.05, 4.69) is 147 Å². The van der Waals surface area contributed by atoms with Gasteiger partial charge in [-0.2, -0.15) is 0 Å². The van der Waals surface area contributed by atoms with Gasteiger partial charge in [0.25, 0.3) is 0 Å². The maximum Gasteiger partial charge on any atom is 0.0334 e. The summed E-state index contributed by atoms with van der Waals surface area (Å²) in [7, 11) is 6.97. The van der Waals surface area contributed by atoms with E-state index in [1.807, 2.05) is 0 Å². The molecule has 0 aromatic rings. The zero-order valence-corrected chi connectivity index (χ0v) is 25.2. The molecule has 0 fully saturated rings. The van der Waals surface area contributed by atoms with Crippen molar-refractivity contribution in [3.63, 3.8) is 0 Å². The second-order valence-corrected chi connectivity index (χ2v) is 13.6. The van der Waals surface area contributed by atoms with Gasteiger partial charge in [-0.25, -0.2) is 0 Å². The fourth-order valence-electron chi connectivity index (χ4n) is 5.16. The maximum absolute atomic E-state index is 2.65. The number of nitrogens with zero attached hydrogens (tertiary/aromatic N) is 3. The van der Waals surface area contributed by atoms with Crippen molar-refractivity contribution in [3.05, 3.63) is 0 Å². The van der Waals surface area contributed by atoms with E-state index in [9.17, 15) is 0 Å². The van der Waals surface area contributed by atoms with E-state index >= 15 is 0 Å². The zero-order valence-electron chi connectivity index (χ0n) is 25.2. The van der Waals surface area contributed by atoms with Gasteiger partial charge in [0.1, 0.15) is 0 Å². The van der Waals surface area contributed by atoms with Crippen molar-refractivity contribution in [3.8, 4) is 0 Å². The Morgan fingerprint density at radius 2 is 0.774 bits per heavy atom. The Hall–Kier alpha value is -0.120. The molecule has 0 heterocycles. The molecule has 0 amide bonds. The van der Waals surface area contributed by atoms with Crippen molar-refractivity contribution in [2.24, 2.45) is 17.8 Å². The molecule has 0 aromatic heterocycles. The topological polar surface area (TPSA) is 9.72 Å². The van der Waals surface area contributed by atoms with Gasteiger partial charge in [0.15, 0.2) is 0 Å². The molecule has 0 spiro atoms. The van der Waals surface area contributed by atoms with Crippen LogP contribution in [0.3, 0.4) is 0 Å². The number of hydrogen-bond donors (Lipinski definition) is 0. The normalized spacial score (nSPS) is 17.4. The van der Waals surface area contributed by atoms with Crippen LogP contribution in [0.1, 0.15) is 111 Å². The summed E-state index contributed by atoms with van der Waals surface area (Å²) in [5.74, 6) is 1.87. The summed E-state index contributed by atoms with van der Waals surface area (Å²) in [6, 6.07) is 0.521. The fraction of sp³-hybridized carbons (Fsp3) is 1.00. The van der Waals surface area contributed by atoms with Gasteiger partial charge in [0, 0.05) is 33.7 Å². The minimum absolute atomic E-state index is 0.00188. The SMILES string of the molecule is CC(C)[C@@H](C)N(C)C(C)(C)C(C)(C)N(C)C(C)(C)C(C)(C)N(C)C(C)(C)[C@@H](C)C(C)C. The maximum atomic E-state index is 2.65. The highest BCUT2D eigenvalue weighted by atomic mass is 15.4.